The van der Waals surface area contributed by atoms with Crippen LogP contribution in [0.2, 0.25) is 0 Å². The zero-order valence-electron chi connectivity index (χ0n) is 12.6. The van der Waals surface area contributed by atoms with E-state index < -0.39 is 17.5 Å². The predicted molar refractivity (Wildman–Crippen MR) is 79.2 cm³/mol. The zero-order chi connectivity index (χ0) is 15.8. The lowest BCUT2D eigenvalue weighted by molar-refractivity contribution is -0.148. The fraction of sp³-hybridized carbons (Fsp3) is 0.500. The first-order valence-corrected chi connectivity index (χ1v) is 7.03. The van der Waals surface area contributed by atoms with Crippen molar-refractivity contribution in [3.63, 3.8) is 0 Å². The van der Waals surface area contributed by atoms with Gasteiger partial charge < -0.3 is 15.1 Å². The van der Waals surface area contributed by atoms with Crippen LogP contribution in [0, 0.1) is 5.41 Å². The number of carboxylic acids is 1. The van der Waals surface area contributed by atoms with Crippen molar-refractivity contribution in [2.45, 2.75) is 39.2 Å². The molecule has 1 aliphatic heterocycles. The van der Waals surface area contributed by atoms with E-state index in [0.29, 0.717) is 18.4 Å². The number of rotatable bonds is 4. The number of carbonyl (C=O) groups is 2. The van der Waals surface area contributed by atoms with Crippen LogP contribution in [-0.2, 0) is 16.0 Å². The number of aliphatic carboxylic acids is 1. The summed E-state index contributed by atoms with van der Waals surface area (Å²) in [5.41, 5.74) is 1.59. The van der Waals surface area contributed by atoms with Crippen LogP contribution in [0.15, 0.2) is 18.2 Å². The molecule has 21 heavy (non-hydrogen) atoms. The number of fused-ring (bicyclic) bond motifs is 1. The lowest BCUT2D eigenvalue weighted by atomic mass is 9.84. The molecule has 0 spiro atoms. The maximum Gasteiger partial charge on any atom is 0.309 e. The Morgan fingerprint density at radius 1 is 1.38 bits per heavy atom. The third kappa shape index (κ3) is 3.08. The Hall–Kier alpha value is -1.88. The molecular formula is C16H21NO4. The van der Waals surface area contributed by atoms with Crippen molar-refractivity contribution in [1.82, 2.24) is 0 Å². The Labute approximate surface area is 124 Å². The summed E-state index contributed by atoms with van der Waals surface area (Å²) in [4.78, 5) is 24.4. The Morgan fingerprint density at radius 2 is 2.05 bits per heavy atom. The van der Waals surface area contributed by atoms with Gasteiger partial charge in [0.2, 0.25) is 5.91 Å². The van der Waals surface area contributed by atoms with Crippen molar-refractivity contribution in [1.29, 1.82) is 0 Å². The SMILES string of the molecule is CN1C(=O)CCc2cc(C(O)CC(C)(C)C(=O)O)ccc21. The van der Waals surface area contributed by atoms with E-state index in [2.05, 4.69) is 0 Å². The van der Waals surface area contributed by atoms with Crippen LogP contribution < -0.4 is 4.90 Å². The molecule has 1 aromatic rings. The smallest absolute Gasteiger partial charge is 0.309 e. The second kappa shape index (κ2) is 5.48. The second-order valence-electron chi connectivity index (χ2n) is 6.25. The number of aryl methyl sites for hydroxylation is 1. The fourth-order valence-corrected chi connectivity index (χ4v) is 2.57. The summed E-state index contributed by atoms with van der Waals surface area (Å²) in [5, 5.41) is 19.4. The van der Waals surface area contributed by atoms with Crippen LogP contribution in [-0.4, -0.2) is 29.1 Å². The maximum absolute atomic E-state index is 11.6. The fourth-order valence-electron chi connectivity index (χ4n) is 2.57. The molecule has 5 nitrogen and oxygen atoms in total. The first-order chi connectivity index (χ1) is 9.72. The van der Waals surface area contributed by atoms with Gasteiger partial charge in [-0.1, -0.05) is 12.1 Å². The van der Waals surface area contributed by atoms with Crippen LogP contribution in [0.25, 0.3) is 0 Å². The number of amides is 1. The predicted octanol–water partition coefficient (Wildman–Crippen LogP) is 2.13. The number of hydrogen-bond acceptors (Lipinski definition) is 3. The van der Waals surface area contributed by atoms with Crippen molar-refractivity contribution in [3.8, 4) is 0 Å². The molecule has 1 aromatic carbocycles. The summed E-state index contributed by atoms with van der Waals surface area (Å²) >= 11 is 0. The minimum absolute atomic E-state index is 0.0859. The molecule has 114 valence electrons. The monoisotopic (exact) mass is 291 g/mol. The van der Waals surface area contributed by atoms with Gasteiger partial charge in [0, 0.05) is 19.2 Å². The molecule has 1 unspecified atom stereocenters. The molecule has 0 fully saturated rings. The molecule has 0 saturated heterocycles. The normalized spacial score (nSPS) is 16.6. The summed E-state index contributed by atoms with van der Waals surface area (Å²) < 4.78 is 0. The summed E-state index contributed by atoms with van der Waals surface area (Å²) in [6, 6.07) is 5.45. The quantitative estimate of drug-likeness (QED) is 0.891. The highest BCUT2D eigenvalue weighted by Crippen LogP contribution is 2.34. The lowest BCUT2D eigenvalue weighted by Crippen LogP contribution is -2.31. The van der Waals surface area contributed by atoms with Crippen molar-refractivity contribution in [2.24, 2.45) is 5.41 Å². The molecule has 1 heterocycles. The minimum Gasteiger partial charge on any atom is -0.481 e. The van der Waals surface area contributed by atoms with Gasteiger partial charge in [0.25, 0.3) is 0 Å². The van der Waals surface area contributed by atoms with Crippen molar-refractivity contribution < 1.29 is 19.8 Å². The Morgan fingerprint density at radius 3 is 2.67 bits per heavy atom. The van der Waals surface area contributed by atoms with Crippen LogP contribution in [0.5, 0.6) is 0 Å². The minimum atomic E-state index is -0.984. The Kier molecular flexibility index (Phi) is 4.05. The number of aliphatic hydroxyl groups is 1. The number of hydrogen-bond donors (Lipinski definition) is 2. The topological polar surface area (TPSA) is 77.8 Å². The van der Waals surface area contributed by atoms with Gasteiger partial charge in [0.05, 0.1) is 11.5 Å². The molecule has 5 heteroatoms. The molecule has 0 bridgehead atoms. The van der Waals surface area contributed by atoms with Crippen LogP contribution >= 0.6 is 0 Å². The van der Waals surface area contributed by atoms with E-state index in [-0.39, 0.29) is 12.3 Å². The van der Waals surface area contributed by atoms with Gasteiger partial charge in [-0.15, -0.1) is 0 Å². The average molecular weight is 291 g/mol. The van der Waals surface area contributed by atoms with Crippen LogP contribution in [0.1, 0.15) is 43.9 Å². The van der Waals surface area contributed by atoms with Gasteiger partial charge in [-0.3, -0.25) is 9.59 Å². The molecule has 0 aromatic heterocycles. The molecular weight excluding hydrogens is 270 g/mol. The molecule has 1 atom stereocenters. The summed E-state index contributed by atoms with van der Waals surface area (Å²) in [7, 11) is 1.74. The number of benzene rings is 1. The first-order valence-electron chi connectivity index (χ1n) is 7.03. The maximum atomic E-state index is 11.6. The van der Waals surface area contributed by atoms with Gasteiger partial charge in [-0.05, 0) is 43.9 Å². The third-order valence-electron chi connectivity index (χ3n) is 4.11. The molecule has 2 rings (SSSR count). The Bertz CT molecular complexity index is 580. The highest BCUT2D eigenvalue weighted by molar-refractivity contribution is 5.95. The molecule has 0 radical (unpaired) electrons. The highest BCUT2D eigenvalue weighted by Gasteiger charge is 2.31. The standard InChI is InChI=1S/C16H21NO4/c1-16(2,15(20)21)9-13(18)11-4-6-12-10(8-11)5-7-14(19)17(12)3/h4,6,8,13,18H,5,7,9H2,1-3H3,(H,20,21). The number of anilines is 1. The van der Waals surface area contributed by atoms with E-state index >= 15 is 0 Å². The van der Waals surface area contributed by atoms with Crippen molar-refractivity contribution in [2.75, 3.05) is 11.9 Å². The van der Waals surface area contributed by atoms with Gasteiger partial charge in [-0.25, -0.2) is 0 Å². The lowest BCUT2D eigenvalue weighted by Gasteiger charge is -2.28. The van der Waals surface area contributed by atoms with Gasteiger partial charge >= 0.3 is 5.97 Å². The third-order valence-corrected chi connectivity index (χ3v) is 4.11. The number of nitrogens with zero attached hydrogens (tertiary/aromatic N) is 1. The van der Waals surface area contributed by atoms with E-state index in [1.807, 2.05) is 12.1 Å². The van der Waals surface area contributed by atoms with E-state index in [1.165, 1.54) is 0 Å². The second-order valence-corrected chi connectivity index (χ2v) is 6.25. The molecule has 0 aliphatic carbocycles. The van der Waals surface area contributed by atoms with E-state index in [1.54, 1.807) is 31.9 Å². The number of carbonyl (C=O) groups excluding carboxylic acids is 1. The number of aliphatic hydroxyl groups excluding tert-OH is 1. The summed E-state index contributed by atoms with van der Waals surface area (Å²) in [5.74, 6) is -0.840. The molecule has 2 N–H and O–H groups in total. The highest BCUT2D eigenvalue weighted by atomic mass is 16.4. The van der Waals surface area contributed by atoms with Gasteiger partial charge in [0.15, 0.2) is 0 Å². The summed E-state index contributed by atoms with van der Waals surface area (Å²) in [6.45, 7) is 3.20. The van der Waals surface area contributed by atoms with E-state index in [0.717, 1.165) is 11.3 Å². The van der Waals surface area contributed by atoms with Gasteiger partial charge in [0.1, 0.15) is 0 Å². The molecule has 1 aliphatic rings. The zero-order valence-corrected chi connectivity index (χ0v) is 12.6. The van der Waals surface area contributed by atoms with Crippen LogP contribution in [0.4, 0.5) is 5.69 Å². The van der Waals surface area contributed by atoms with Crippen LogP contribution in [0.3, 0.4) is 0 Å². The largest absolute Gasteiger partial charge is 0.481 e. The molecule has 1 amide bonds. The Balaban J connectivity index is 2.23. The average Bonchev–Trinajstić information content (AvgIpc) is 2.42. The van der Waals surface area contributed by atoms with E-state index in [4.69, 9.17) is 5.11 Å². The first kappa shape index (κ1) is 15.5. The van der Waals surface area contributed by atoms with Gasteiger partial charge in [-0.2, -0.15) is 0 Å². The number of carboxylic acid groups (broad SMARTS) is 1. The molecule has 0 saturated carbocycles. The van der Waals surface area contributed by atoms with E-state index in [9.17, 15) is 14.7 Å². The van der Waals surface area contributed by atoms with Crippen molar-refractivity contribution >= 4 is 17.6 Å². The van der Waals surface area contributed by atoms with Crippen molar-refractivity contribution in [3.05, 3.63) is 29.3 Å². The summed E-state index contributed by atoms with van der Waals surface area (Å²) in [6.07, 6.45) is 0.436.